The molecule has 0 bridgehead atoms. The van der Waals surface area contributed by atoms with E-state index >= 15 is 0 Å². The molecule has 0 unspecified atom stereocenters. The summed E-state index contributed by atoms with van der Waals surface area (Å²) in [5.41, 5.74) is 0. The van der Waals surface area contributed by atoms with Crippen LogP contribution in [0.15, 0.2) is 0 Å². The Morgan fingerprint density at radius 2 is 1.67 bits per heavy atom. The standard InChI is InChI=1S/C5H10O2.2CH4/c1-4(2)5(6)7-3;;/h4H,1-3H3;2*1H4. The van der Waals surface area contributed by atoms with Crippen LogP contribution < -0.4 is 0 Å². The second-order valence-corrected chi connectivity index (χ2v) is 1.68. The molecule has 0 amide bonds. The number of methoxy groups -OCH3 is 1. The van der Waals surface area contributed by atoms with Crippen molar-refractivity contribution in [2.75, 3.05) is 7.11 Å². The Kier molecular flexibility index (Phi) is 13.1. The summed E-state index contributed by atoms with van der Waals surface area (Å²) in [4.78, 5) is 10.3. The lowest BCUT2D eigenvalue weighted by Gasteiger charge is -1.97. The Morgan fingerprint density at radius 3 is 1.67 bits per heavy atom. The van der Waals surface area contributed by atoms with E-state index in [1.165, 1.54) is 7.11 Å². The first-order valence-corrected chi connectivity index (χ1v) is 2.26. The zero-order chi connectivity index (χ0) is 5.86. The maximum atomic E-state index is 10.3. The number of esters is 1. The minimum atomic E-state index is -0.153. The Labute approximate surface area is 58.2 Å². The highest BCUT2D eigenvalue weighted by Crippen LogP contribution is 1.91. The molecule has 9 heavy (non-hydrogen) atoms. The zero-order valence-corrected chi connectivity index (χ0v) is 4.89. The molecule has 0 N–H and O–H groups in total. The predicted octanol–water partition coefficient (Wildman–Crippen LogP) is 2.09. The third-order valence-electron chi connectivity index (χ3n) is 0.673. The number of ether oxygens (including phenoxy) is 1. The van der Waals surface area contributed by atoms with E-state index in [0.29, 0.717) is 0 Å². The van der Waals surface area contributed by atoms with Gasteiger partial charge in [-0.15, -0.1) is 0 Å². The summed E-state index contributed by atoms with van der Waals surface area (Å²) in [6.07, 6.45) is 0. The molecule has 2 nitrogen and oxygen atoms in total. The van der Waals surface area contributed by atoms with Crippen molar-refractivity contribution < 1.29 is 9.53 Å². The van der Waals surface area contributed by atoms with Gasteiger partial charge in [-0.25, -0.2) is 0 Å². The molecular weight excluding hydrogens is 116 g/mol. The smallest absolute Gasteiger partial charge is 0.308 e. The van der Waals surface area contributed by atoms with E-state index in [0.717, 1.165) is 0 Å². The minimum absolute atomic E-state index is 0. The van der Waals surface area contributed by atoms with Crippen molar-refractivity contribution in [2.45, 2.75) is 28.7 Å². The fraction of sp³-hybridized carbons (Fsp3) is 0.857. The van der Waals surface area contributed by atoms with Crippen LogP contribution in [0.5, 0.6) is 0 Å². The Bertz CT molecular complexity index is 67.3. The van der Waals surface area contributed by atoms with Crippen LogP contribution in [0.3, 0.4) is 0 Å². The molecule has 0 spiro atoms. The van der Waals surface area contributed by atoms with Gasteiger partial charge in [0.2, 0.25) is 0 Å². The molecule has 0 aliphatic heterocycles. The van der Waals surface area contributed by atoms with Crippen LogP contribution in [0, 0.1) is 5.92 Å². The summed E-state index contributed by atoms with van der Waals surface area (Å²) < 4.78 is 4.37. The predicted molar refractivity (Wildman–Crippen MR) is 40.3 cm³/mol. The van der Waals surface area contributed by atoms with Crippen molar-refractivity contribution in [3.05, 3.63) is 0 Å². The third kappa shape index (κ3) is 7.47. The summed E-state index contributed by atoms with van der Waals surface area (Å²) in [6.45, 7) is 3.59. The van der Waals surface area contributed by atoms with Crippen molar-refractivity contribution in [1.29, 1.82) is 0 Å². The molecule has 0 aromatic carbocycles. The van der Waals surface area contributed by atoms with Crippen LogP contribution in [0.4, 0.5) is 0 Å². The van der Waals surface area contributed by atoms with Crippen molar-refractivity contribution in [3.8, 4) is 0 Å². The maximum absolute atomic E-state index is 10.3. The summed E-state index contributed by atoms with van der Waals surface area (Å²) in [6, 6.07) is 0. The highest BCUT2D eigenvalue weighted by molar-refractivity contribution is 5.71. The second kappa shape index (κ2) is 7.47. The summed E-state index contributed by atoms with van der Waals surface area (Å²) in [5, 5.41) is 0. The number of hydrogen-bond acceptors (Lipinski definition) is 2. The third-order valence-corrected chi connectivity index (χ3v) is 0.673. The van der Waals surface area contributed by atoms with Crippen LogP contribution in [-0.2, 0) is 9.53 Å². The molecule has 0 fully saturated rings. The molecule has 0 saturated carbocycles. The normalized spacial score (nSPS) is 7.11. The zero-order valence-electron chi connectivity index (χ0n) is 4.89. The number of hydrogen-bond donors (Lipinski definition) is 0. The summed E-state index contributed by atoms with van der Waals surface area (Å²) in [7, 11) is 1.39. The van der Waals surface area contributed by atoms with E-state index in [2.05, 4.69) is 4.74 Å². The van der Waals surface area contributed by atoms with Crippen molar-refractivity contribution in [3.63, 3.8) is 0 Å². The van der Waals surface area contributed by atoms with Crippen LogP contribution >= 0.6 is 0 Å². The molecule has 0 atom stereocenters. The van der Waals surface area contributed by atoms with E-state index in [4.69, 9.17) is 0 Å². The molecule has 0 saturated heterocycles. The van der Waals surface area contributed by atoms with Crippen molar-refractivity contribution in [2.24, 2.45) is 5.92 Å². The lowest BCUT2D eigenvalue weighted by molar-refractivity contribution is -0.144. The average Bonchev–Trinajstić information content (AvgIpc) is 1.65. The van der Waals surface area contributed by atoms with Gasteiger partial charge in [-0.2, -0.15) is 0 Å². The highest BCUT2D eigenvalue weighted by atomic mass is 16.5. The Morgan fingerprint density at radius 1 is 1.33 bits per heavy atom. The fourth-order valence-corrected chi connectivity index (χ4v) is 0.236. The van der Waals surface area contributed by atoms with Crippen LogP contribution in [0.2, 0.25) is 0 Å². The van der Waals surface area contributed by atoms with Gasteiger partial charge in [0.1, 0.15) is 0 Å². The van der Waals surface area contributed by atoms with Gasteiger partial charge in [-0.05, 0) is 0 Å². The Balaban J connectivity index is -0.000000180. The van der Waals surface area contributed by atoms with Crippen LogP contribution in [0.25, 0.3) is 0 Å². The second-order valence-electron chi connectivity index (χ2n) is 1.68. The van der Waals surface area contributed by atoms with Crippen LogP contribution in [0.1, 0.15) is 28.7 Å². The van der Waals surface area contributed by atoms with Gasteiger partial charge in [0, 0.05) is 0 Å². The number of rotatable bonds is 1. The summed E-state index contributed by atoms with van der Waals surface area (Å²) in [5.74, 6) is -0.148. The first kappa shape index (κ1) is 15.8. The summed E-state index contributed by atoms with van der Waals surface area (Å²) >= 11 is 0. The van der Waals surface area contributed by atoms with Gasteiger partial charge < -0.3 is 4.74 Å². The molecule has 0 aromatic rings. The topological polar surface area (TPSA) is 26.3 Å². The van der Waals surface area contributed by atoms with Crippen molar-refractivity contribution >= 4 is 5.97 Å². The first-order chi connectivity index (χ1) is 3.18. The minimum Gasteiger partial charge on any atom is -0.469 e. The molecule has 2 heteroatoms. The van der Waals surface area contributed by atoms with E-state index in [1.54, 1.807) is 13.8 Å². The monoisotopic (exact) mass is 134 g/mol. The van der Waals surface area contributed by atoms with E-state index in [9.17, 15) is 4.79 Å². The van der Waals surface area contributed by atoms with Gasteiger partial charge in [0.25, 0.3) is 0 Å². The first-order valence-electron chi connectivity index (χ1n) is 2.26. The molecule has 58 valence electrons. The number of carbonyl (C=O) groups excluding carboxylic acids is 1. The van der Waals surface area contributed by atoms with Gasteiger partial charge >= 0.3 is 5.97 Å². The Hall–Kier alpha value is -0.530. The molecular formula is C7H18O2. The van der Waals surface area contributed by atoms with Crippen molar-refractivity contribution in [1.82, 2.24) is 0 Å². The quantitative estimate of drug-likeness (QED) is 0.513. The molecule has 0 heterocycles. The molecule has 0 radical (unpaired) electrons. The van der Waals surface area contributed by atoms with Crippen LogP contribution in [-0.4, -0.2) is 13.1 Å². The molecule has 0 rings (SSSR count). The van der Waals surface area contributed by atoms with Gasteiger partial charge in [-0.3, -0.25) is 4.79 Å². The van der Waals surface area contributed by atoms with Gasteiger partial charge in [-0.1, -0.05) is 28.7 Å². The highest BCUT2D eigenvalue weighted by Gasteiger charge is 2.03. The molecule has 0 aromatic heterocycles. The fourth-order valence-electron chi connectivity index (χ4n) is 0.236. The molecule has 0 aliphatic rings. The van der Waals surface area contributed by atoms with Gasteiger partial charge in [0.15, 0.2) is 0 Å². The lowest BCUT2D eigenvalue weighted by Crippen LogP contribution is -2.07. The van der Waals surface area contributed by atoms with Gasteiger partial charge in [0.05, 0.1) is 13.0 Å². The van der Waals surface area contributed by atoms with E-state index in [-0.39, 0.29) is 26.7 Å². The SMILES string of the molecule is C.C.COC(=O)C(C)C. The average molecular weight is 134 g/mol. The van der Waals surface area contributed by atoms with E-state index < -0.39 is 0 Å². The number of carbonyl (C=O) groups is 1. The largest absolute Gasteiger partial charge is 0.469 e. The maximum Gasteiger partial charge on any atom is 0.308 e. The lowest BCUT2D eigenvalue weighted by atomic mass is 10.2. The van der Waals surface area contributed by atoms with E-state index in [1.807, 2.05) is 0 Å². The molecule has 0 aliphatic carbocycles.